The Morgan fingerprint density at radius 3 is 2.52 bits per heavy atom. The fourth-order valence-corrected chi connectivity index (χ4v) is 6.31. The van der Waals surface area contributed by atoms with Gasteiger partial charge in [-0.05, 0) is 42.2 Å². The molecule has 2 aliphatic rings. The molecular weight excluding hydrogens is 289 g/mol. The molecule has 1 saturated heterocycles. The SMILES string of the molecule is CC1(C)CC2CC(C)(CN2S(=O)(=O)c2ccccc2F)C1. The molecule has 0 amide bonds. The van der Waals surface area contributed by atoms with Gasteiger partial charge < -0.3 is 0 Å². The van der Waals surface area contributed by atoms with Crippen molar-refractivity contribution in [2.75, 3.05) is 6.54 Å². The first-order valence-electron chi connectivity index (χ1n) is 7.40. The molecule has 3 rings (SSSR count). The van der Waals surface area contributed by atoms with Gasteiger partial charge in [-0.3, -0.25) is 0 Å². The Balaban J connectivity index is 2.00. The van der Waals surface area contributed by atoms with Crippen molar-refractivity contribution in [3.05, 3.63) is 30.1 Å². The summed E-state index contributed by atoms with van der Waals surface area (Å²) in [6.45, 7) is 7.03. The molecule has 2 atom stereocenters. The monoisotopic (exact) mass is 311 g/mol. The molecule has 1 aliphatic carbocycles. The maximum Gasteiger partial charge on any atom is 0.246 e. The lowest BCUT2D eigenvalue weighted by molar-refractivity contribution is 0.133. The molecule has 0 radical (unpaired) electrons. The van der Waals surface area contributed by atoms with Gasteiger partial charge in [-0.1, -0.05) is 32.9 Å². The van der Waals surface area contributed by atoms with Crippen molar-refractivity contribution in [3.8, 4) is 0 Å². The summed E-state index contributed by atoms with van der Waals surface area (Å²) in [5.74, 6) is -0.664. The van der Waals surface area contributed by atoms with E-state index < -0.39 is 15.8 Å². The molecular formula is C16H22FNO2S. The summed E-state index contributed by atoms with van der Waals surface area (Å²) >= 11 is 0. The summed E-state index contributed by atoms with van der Waals surface area (Å²) in [5, 5.41) is 0. The van der Waals surface area contributed by atoms with Gasteiger partial charge >= 0.3 is 0 Å². The Bertz CT molecular complexity index is 671. The first kappa shape index (κ1) is 15.0. The zero-order valence-electron chi connectivity index (χ0n) is 12.8. The average Bonchev–Trinajstić information content (AvgIpc) is 2.59. The summed E-state index contributed by atoms with van der Waals surface area (Å²) in [6.07, 6.45) is 2.74. The summed E-state index contributed by atoms with van der Waals surface area (Å²) in [5.41, 5.74) is 0.141. The summed E-state index contributed by atoms with van der Waals surface area (Å²) < 4.78 is 41.1. The third kappa shape index (κ3) is 2.50. The Kier molecular flexibility index (Phi) is 3.23. The Hall–Kier alpha value is -0.940. The van der Waals surface area contributed by atoms with E-state index >= 15 is 0 Å². The predicted molar refractivity (Wildman–Crippen MR) is 79.8 cm³/mol. The second-order valence-electron chi connectivity index (χ2n) is 7.69. The van der Waals surface area contributed by atoms with Gasteiger partial charge in [0, 0.05) is 12.6 Å². The third-order valence-corrected chi connectivity index (χ3v) is 6.72. The zero-order valence-corrected chi connectivity index (χ0v) is 13.6. The van der Waals surface area contributed by atoms with E-state index in [1.54, 1.807) is 10.4 Å². The highest BCUT2D eigenvalue weighted by molar-refractivity contribution is 7.89. The van der Waals surface area contributed by atoms with E-state index in [2.05, 4.69) is 20.8 Å². The second-order valence-corrected chi connectivity index (χ2v) is 9.55. The molecule has 0 spiro atoms. The molecule has 1 aromatic carbocycles. The minimum Gasteiger partial charge on any atom is -0.207 e. The number of sulfonamides is 1. The van der Waals surface area contributed by atoms with Gasteiger partial charge in [0.2, 0.25) is 10.0 Å². The quantitative estimate of drug-likeness (QED) is 0.839. The van der Waals surface area contributed by atoms with E-state index in [9.17, 15) is 12.8 Å². The molecule has 1 aliphatic heterocycles. The maximum atomic E-state index is 13.9. The first-order valence-corrected chi connectivity index (χ1v) is 8.84. The number of hydrogen-bond acceptors (Lipinski definition) is 2. The van der Waals surface area contributed by atoms with Gasteiger partial charge in [-0.2, -0.15) is 4.31 Å². The molecule has 5 heteroatoms. The van der Waals surface area contributed by atoms with Crippen molar-refractivity contribution in [1.82, 2.24) is 4.31 Å². The van der Waals surface area contributed by atoms with Gasteiger partial charge in [0.15, 0.2) is 0 Å². The average molecular weight is 311 g/mol. The van der Waals surface area contributed by atoms with Crippen LogP contribution >= 0.6 is 0 Å². The van der Waals surface area contributed by atoms with Crippen LogP contribution in [0, 0.1) is 16.6 Å². The number of rotatable bonds is 2. The molecule has 2 unspecified atom stereocenters. The Morgan fingerprint density at radius 1 is 1.19 bits per heavy atom. The van der Waals surface area contributed by atoms with Crippen LogP contribution in [0.5, 0.6) is 0 Å². The van der Waals surface area contributed by atoms with E-state index in [0.29, 0.717) is 6.54 Å². The number of nitrogens with zero attached hydrogens (tertiary/aromatic N) is 1. The minimum absolute atomic E-state index is 0.00471. The molecule has 0 aromatic heterocycles. The van der Waals surface area contributed by atoms with E-state index in [4.69, 9.17) is 0 Å². The fourth-order valence-electron chi connectivity index (χ4n) is 4.47. The van der Waals surface area contributed by atoms with Crippen LogP contribution in [-0.2, 0) is 10.0 Å². The van der Waals surface area contributed by atoms with Crippen LogP contribution in [0.15, 0.2) is 29.2 Å². The third-order valence-electron chi connectivity index (χ3n) is 4.79. The van der Waals surface area contributed by atoms with Crippen LogP contribution in [0.2, 0.25) is 0 Å². The van der Waals surface area contributed by atoms with Gasteiger partial charge in [-0.25, -0.2) is 12.8 Å². The Labute approximate surface area is 126 Å². The van der Waals surface area contributed by atoms with Gasteiger partial charge in [0.25, 0.3) is 0 Å². The van der Waals surface area contributed by atoms with Gasteiger partial charge in [0.05, 0.1) is 0 Å². The highest BCUT2D eigenvalue weighted by Crippen LogP contribution is 2.53. The van der Waals surface area contributed by atoms with Crippen LogP contribution in [0.3, 0.4) is 0 Å². The van der Waals surface area contributed by atoms with Crippen molar-refractivity contribution in [1.29, 1.82) is 0 Å². The summed E-state index contributed by atoms with van der Waals surface area (Å²) in [7, 11) is -3.75. The fraction of sp³-hybridized carbons (Fsp3) is 0.625. The molecule has 116 valence electrons. The lowest BCUT2D eigenvalue weighted by atomic mass is 9.65. The van der Waals surface area contributed by atoms with Crippen molar-refractivity contribution in [2.24, 2.45) is 10.8 Å². The number of halogens is 1. The molecule has 1 aromatic rings. The number of hydrogen-bond donors (Lipinski definition) is 0. The summed E-state index contributed by atoms with van der Waals surface area (Å²) in [4.78, 5) is -0.195. The molecule has 1 heterocycles. The molecule has 21 heavy (non-hydrogen) atoms. The summed E-state index contributed by atoms with van der Waals surface area (Å²) in [6, 6.07) is 5.65. The predicted octanol–water partition coefficient (Wildman–Crippen LogP) is 3.42. The largest absolute Gasteiger partial charge is 0.246 e. The van der Waals surface area contributed by atoms with E-state index in [0.717, 1.165) is 19.3 Å². The highest BCUT2D eigenvalue weighted by Gasteiger charge is 2.53. The van der Waals surface area contributed by atoms with E-state index in [1.807, 2.05) is 0 Å². The Morgan fingerprint density at radius 2 is 1.86 bits per heavy atom. The van der Waals surface area contributed by atoms with Crippen LogP contribution in [0.1, 0.15) is 40.0 Å². The molecule has 3 nitrogen and oxygen atoms in total. The minimum atomic E-state index is -3.75. The lowest BCUT2D eigenvalue weighted by Crippen LogP contribution is -2.38. The topological polar surface area (TPSA) is 37.4 Å². The number of benzene rings is 1. The molecule has 0 N–H and O–H groups in total. The standard InChI is InChI=1S/C16H22FNO2S/c1-15(2)8-12-9-16(3,10-15)11-18(12)21(19,20)14-7-5-4-6-13(14)17/h4-7,12H,8-11H2,1-3H3. The van der Waals surface area contributed by atoms with Crippen molar-refractivity contribution in [3.63, 3.8) is 0 Å². The maximum absolute atomic E-state index is 13.9. The van der Waals surface area contributed by atoms with Crippen LogP contribution in [0.4, 0.5) is 4.39 Å². The zero-order chi connectivity index (χ0) is 15.5. The van der Waals surface area contributed by atoms with Crippen molar-refractivity contribution >= 4 is 10.0 Å². The molecule has 1 saturated carbocycles. The van der Waals surface area contributed by atoms with E-state index in [1.165, 1.54) is 18.2 Å². The van der Waals surface area contributed by atoms with Crippen LogP contribution in [0.25, 0.3) is 0 Å². The van der Waals surface area contributed by atoms with Crippen molar-refractivity contribution in [2.45, 2.75) is 51.0 Å². The first-order chi connectivity index (χ1) is 9.63. The second kappa shape index (κ2) is 4.53. The molecule has 2 fully saturated rings. The smallest absolute Gasteiger partial charge is 0.207 e. The van der Waals surface area contributed by atoms with Crippen LogP contribution < -0.4 is 0 Å². The molecule has 2 bridgehead atoms. The normalized spacial score (nSPS) is 32.3. The van der Waals surface area contributed by atoms with Gasteiger partial charge in [0.1, 0.15) is 10.7 Å². The lowest BCUT2D eigenvalue weighted by Gasteiger charge is -2.39. The highest BCUT2D eigenvalue weighted by atomic mass is 32.2. The van der Waals surface area contributed by atoms with Gasteiger partial charge in [-0.15, -0.1) is 0 Å². The van der Waals surface area contributed by atoms with E-state index in [-0.39, 0.29) is 21.8 Å². The number of fused-ring (bicyclic) bond motifs is 2. The van der Waals surface area contributed by atoms with Crippen molar-refractivity contribution < 1.29 is 12.8 Å². The van der Waals surface area contributed by atoms with Crippen LogP contribution in [-0.4, -0.2) is 25.3 Å².